The minimum Gasteiger partial charge on any atom is -0.479 e. The summed E-state index contributed by atoms with van der Waals surface area (Å²) in [6.07, 6.45) is 0.265. The van der Waals surface area contributed by atoms with Crippen molar-refractivity contribution in [1.82, 2.24) is 5.32 Å². The Bertz CT molecular complexity index is 528. The van der Waals surface area contributed by atoms with Crippen molar-refractivity contribution in [3.8, 4) is 0 Å². The number of rotatable bonds is 6. The fourth-order valence-electron chi connectivity index (χ4n) is 1.88. The molecule has 0 aromatic heterocycles. The summed E-state index contributed by atoms with van der Waals surface area (Å²) < 4.78 is 13.3. The van der Waals surface area contributed by atoms with Crippen molar-refractivity contribution in [3.63, 3.8) is 0 Å². The largest absolute Gasteiger partial charge is 0.479 e. The Labute approximate surface area is 124 Å². The summed E-state index contributed by atoms with van der Waals surface area (Å²) in [4.78, 5) is 23.3. The Balaban J connectivity index is 2.85. The van der Waals surface area contributed by atoms with Gasteiger partial charge in [-0.25, -0.2) is 9.18 Å². The maximum atomic E-state index is 13.3. The molecule has 21 heavy (non-hydrogen) atoms. The third-order valence-electron chi connectivity index (χ3n) is 3.71. The Morgan fingerprint density at radius 2 is 1.90 bits per heavy atom. The quantitative estimate of drug-likeness (QED) is 0.847. The molecule has 1 rings (SSSR count). The van der Waals surface area contributed by atoms with Crippen LogP contribution in [0.2, 0.25) is 0 Å². The Kier molecular flexibility index (Phi) is 5.88. The van der Waals surface area contributed by atoms with E-state index in [1.807, 2.05) is 20.8 Å². The molecule has 1 amide bonds. The lowest BCUT2D eigenvalue weighted by atomic mass is 9.94. The summed E-state index contributed by atoms with van der Waals surface area (Å²) in [7, 11) is 0. The summed E-state index contributed by atoms with van der Waals surface area (Å²) in [5.74, 6) is -1.37. The van der Waals surface area contributed by atoms with Crippen molar-refractivity contribution in [3.05, 3.63) is 35.1 Å². The van der Waals surface area contributed by atoms with Crippen LogP contribution in [-0.4, -0.2) is 17.0 Å². The molecular weight excluding hydrogens is 273 g/mol. The summed E-state index contributed by atoms with van der Waals surface area (Å²) in [6, 6.07) is 2.88. The van der Waals surface area contributed by atoms with E-state index in [2.05, 4.69) is 5.32 Å². The van der Waals surface area contributed by atoms with E-state index in [1.54, 1.807) is 6.92 Å². The molecule has 0 aliphatic rings. The van der Waals surface area contributed by atoms with Crippen molar-refractivity contribution in [2.24, 2.45) is 11.8 Å². The van der Waals surface area contributed by atoms with Gasteiger partial charge in [0, 0.05) is 6.42 Å². The normalized spacial score (nSPS) is 13.8. The summed E-state index contributed by atoms with van der Waals surface area (Å²) in [5, 5.41) is 11.8. The van der Waals surface area contributed by atoms with Gasteiger partial charge in [-0.3, -0.25) is 4.79 Å². The topological polar surface area (TPSA) is 66.4 Å². The predicted octanol–water partition coefficient (Wildman–Crippen LogP) is 3.06. The summed E-state index contributed by atoms with van der Waals surface area (Å²) >= 11 is 0. The molecule has 2 unspecified atom stereocenters. The van der Waals surface area contributed by atoms with Crippen molar-refractivity contribution >= 4 is 11.9 Å². The first kappa shape index (κ1) is 17.1. The number of benzene rings is 1. The second kappa shape index (κ2) is 7.20. The third-order valence-corrected chi connectivity index (χ3v) is 3.71. The summed E-state index contributed by atoms with van der Waals surface area (Å²) in [5.41, 5.74) is 0.718. The molecule has 4 nitrogen and oxygen atoms in total. The number of carbonyl (C=O) groups is 2. The first-order valence-electron chi connectivity index (χ1n) is 7.00. The predicted molar refractivity (Wildman–Crippen MR) is 78.3 cm³/mol. The molecule has 5 heteroatoms. The second-order valence-electron chi connectivity index (χ2n) is 5.77. The number of carboxylic acids is 1. The maximum Gasteiger partial charge on any atom is 0.330 e. The Morgan fingerprint density at radius 3 is 2.38 bits per heavy atom. The van der Waals surface area contributed by atoms with Crippen LogP contribution in [0, 0.1) is 24.6 Å². The van der Waals surface area contributed by atoms with Gasteiger partial charge in [-0.05, 0) is 36.0 Å². The molecule has 0 heterocycles. The molecule has 116 valence electrons. The van der Waals surface area contributed by atoms with Crippen LogP contribution in [0.25, 0.3) is 0 Å². The zero-order valence-electron chi connectivity index (χ0n) is 12.8. The van der Waals surface area contributed by atoms with Gasteiger partial charge in [0.1, 0.15) is 5.82 Å². The highest BCUT2D eigenvalue weighted by Crippen LogP contribution is 2.19. The smallest absolute Gasteiger partial charge is 0.330 e. The van der Waals surface area contributed by atoms with E-state index in [9.17, 15) is 19.1 Å². The van der Waals surface area contributed by atoms with Gasteiger partial charge in [0.05, 0.1) is 0 Å². The van der Waals surface area contributed by atoms with Crippen LogP contribution in [0.5, 0.6) is 0 Å². The number of nitrogens with one attached hydrogen (secondary N) is 1. The first-order valence-corrected chi connectivity index (χ1v) is 7.00. The Morgan fingerprint density at radius 1 is 1.29 bits per heavy atom. The molecule has 0 bridgehead atoms. The van der Waals surface area contributed by atoms with Crippen LogP contribution >= 0.6 is 0 Å². The van der Waals surface area contributed by atoms with Gasteiger partial charge in [-0.2, -0.15) is 0 Å². The van der Waals surface area contributed by atoms with Crippen LogP contribution < -0.4 is 5.32 Å². The number of hydrogen-bond donors (Lipinski definition) is 2. The molecule has 0 aliphatic carbocycles. The van der Waals surface area contributed by atoms with E-state index in [0.717, 1.165) is 0 Å². The van der Waals surface area contributed by atoms with Crippen LogP contribution in [0.3, 0.4) is 0 Å². The fraction of sp³-hybridized carbons (Fsp3) is 0.500. The summed E-state index contributed by atoms with van der Waals surface area (Å²) in [6.45, 7) is 7.52. The lowest BCUT2D eigenvalue weighted by molar-refractivity contribution is -0.142. The number of halogens is 1. The minimum absolute atomic E-state index is 0.161. The number of aryl methyl sites for hydroxylation is 1. The molecule has 2 atom stereocenters. The molecule has 2 N–H and O–H groups in total. The standard InChI is InChI=1S/C16H22FNO3/c1-9(2)10(3)8-14(19)18-15(16(20)21)12-5-6-13(17)11(4)7-12/h5-7,9-10,15H,8H2,1-4H3,(H,18,19)(H,20,21). The number of carbonyl (C=O) groups excluding carboxylic acids is 1. The van der Waals surface area contributed by atoms with Gasteiger partial charge in [0.15, 0.2) is 6.04 Å². The highest BCUT2D eigenvalue weighted by molar-refractivity contribution is 5.84. The molecule has 1 aromatic rings. The number of carboxylic acid groups (broad SMARTS) is 1. The van der Waals surface area contributed by atoms with E-state index < -0.39 is 17.8 Å². The lowest BCUT2D eigenvalue weighted by Crippen LogP contribution is -2.35. The minimum atomic E-state index is -1.16. The Hall–Kier alpha value is -1.91. The average molecular weight is 295 g/mol. The van der Waals surface area contributed by atoms with Gasteiger partial charge >= 0.3 is 5.97 Å². The molecule has 0 fully saturated rings. The molecule has 0 aliphatic heterocycles. The van der Waals surface area contributed by atoms with Gasteiger partial charge < -0.3 is 10.4 Å². The second-order valence-corrected chi connectivity index (χ2v) is 5.77. The molecule has 0 saturated heterocycles. The first-order chi connectivity index (χ1) is 9.72. The molecule has 1 aromatic carbocycles. The van der Waals surface area contributed by atoms with Crippen molar-refractivity contribution in [1.29, 1.82) is 0 Å². The van der Waals surface area contributed by atoms with Crippen molar-refractivity contribution in [2.45, 2.75) is 40.2 Å². The van der Waals surface area contributed by atoms with E-state index >= 15 is 0 Å². The highest BCUT2D eigenvalue weighted by atomic mass is 19.1. The van der Waals surface area contributed by atoms with E-state index in [4.69, 9.17) is 0 Å². The van der Waals surface area contributed by atoms with Crippen molar-refractivity contribution in [2.75, 3.05) is 0 Å². The zero-order valence-corrected chi connectivity index (χ0v) is 12.8. The van der Waals surface area contributed by atoms with Gasteiger partial charge in [-0.1, -0.05) is 32.9 Å². The van der Waals surface area contributed by atoms with Gasteiger partial charge in [0.2, 0.25) is 5.91 Å². The highest BCUT2D eigenvalue weighted by Gasteiger charge is 2.23. The van der Waals surface area contributed by atoms with Gasteiger partial charge in [0.25, 0.3) is 0 Å². The number of aliphatic carboxylic acids is 1. The van der Waals surface area contributed by atoms with Crippen LogP contribution in [0.15, 0.2) is 18.2 Å². The number of amides is 1. The van der Waals surface area contributed by atoms with Crippen LogP contribution in [0.4, 0.5) is 4.39 Å². The fourth-order valence-corrected chi connectivity index (χ4v) is 1.88. The van der Waals surface area contributed by atoms with E-state index in [-0.39, 0.29) is 18.2 Å². The van der Waals surface area contributed by atoms with Crippen molar-refractivity contribution < 1.29 is 19.1 Å². The van der Waals surface area contributed by atoms with E-state index in [1.165, 1.54) is 18.2 Å². The molecule has 0 radical (unpaired) electrons. The van der Waals surface area contributed by atoms with Gasteiger partial charge in [-0.15, -0.1) is 0 Å². The lowest BCUT2D eigenvalue weighted by Gasteiger charge is -2.19. The van der Waals surface area contributed by atoms with Crippen LogP contribution in [0.1, 0.15) is 44.4 Å². The SMILES string of the molecule is Cc1cc(C(NC(=O)CC(C)C(C)C)C(=O)O)ccc1F. The average Bonchev–Trinajstić information content (AvgIpc) is 2.38. The molecule has 0 saturated carbocycles. The van der Waals surface area contributed by atoms with E-state index in [0.29, 0.717) is 17.0 Å². The van der Waals surface area contributed by atoms with Crippen LogP contribution in [-0.2, 0) is 9.59 Å². The third kappa shape index (κ3) is 4.85. The number of hydrogen-bond acceptors (Lipinski definition) is 2. The maximum absolute atomic E-state index is 13.3. The monoisotopic (exact) mass is 295 g/mol. The molecular formula is C16H22FNO3. The molecule has 0 spiro atoms. The zero-order chi connectivity index (χ0) is 16.2.